The molecule has 32 heavy (non-hydrogen) atoms. The van der Waals surface area contributed by atoms with Crippen molar-refractivity contribution < 1.29 is 19.1 Å². The highest BCUT2D eigenvalue weighted by atomic mass is 16.6. The third-order valence-electron chi connectivity index (χ3n) is 5.68. The molecule has 0 aliphatic rings. The third kappa shape index (κ3) is 20.2. The van der Waals surface area contributed by atoms with Gasteiger partial charge in [0.25, 0.3) is 0 Å². The van der Waals surface area contributed by atoms with E-state index in [2.05, 4.69) is 18.2 Å². The van der Waals surface area contributed by atoms with E-state index in [1.54, 1.807) is 0 Å². The Morgan fingerprint density at radius 2 is 1.19 bits per heavy atom. The summed E-state index contributed by atoms with van der Waals surface area (Å²) in [6, 6.07) is -0.675. The Morgan fingerprint density at radius 1 is 0.719 bits per heavy atom. The van der Waals surface area contributed by atoms with E-state index in [1.807, 2.05) is 6.92 Å². The molecule has 186 valence electrons. The fraction of sp³-hybridized carbons (Fsp3) is 0.852. The third-order valence-corrected chi connectivity index (χ3v) is 5.68. The number of hydrogen-bond acceptors (Lipinski definition) is 4. The summed E-state index contributed by atoms with van der Waals surface area (Å²) in [5, 5.41) is 2.53. The summed E-state index contributed by atoms with van der Waals surface area (Å²) >= 11 is 0. The molecule has 0 spiro atoms. The number of carbonyl (C=O) groups excluding carboxylic acids is 2. The molecule has 0 heterocycles. The van der Waals surface area contributed by atoms with Crippen LogP contribution in [0.25, 0.3) is 0 Å². The second-order valence-electron chi connectivity index (χ2n) is 8.74. The van der Waals surface area contributed by atoms with Gasteiger partial charge in [-0.2, -0.15) is 0 Å². The molecular weight excluding hydrogens is 402 g/mol. The lowest BCUT2D eigenvalue weighted by molar-refractivity contribution is -0.146. The summed E-state index contributed by atoms with van der Waals surface area (Å²) in [4.78, 5) is 23.8. The van der Waals surface area contributed by atoms with Crippen LogP contribution in [0, 0.1) is 12.3 Å². The van der Waals surface area contributed by atoms with E-state index in [1.165, 1.54) is 89.9 Å². The van der Waals surface area contributed by atoms with Gasteiger partial charge in [0.15, 0.2) is 6.61 Å². The number of esters is 1. The summed E-state index contributed by atoms with van der Waals surface area (Å²) in [6.07, 6.45) is 26.6. The normalized spacial score (nSPS) is 11.5. The lowest BCUT2D eigenvalue weighted by Gasteiger charge is -2.16. The number of carbonyl (C=O) groups is 2. The predicted octanol–water partition coefficient (Wildman–Crippen LogP) is 7.32. The van der Waals surface area contributed by atoms with Gasteiger partial charge in [-0.25, -0.2) is 9.59 Å². The van der Waals surface area contributed by atoms with Crippen LogP contribution in [0.4, 0.5) is 4.79 Å². The highest BCUT2D eigenvalue weighted by Crippen LogP contribution is 2.13. The van der Waals surface area contributed by atoms with E-state index in [9.17, 15) is 9.59 Å². The maximum Gasteiger partial charge on any atom is 0.408 e. The van der Waals surface area contributed by atoms with Crippen molar-refractivity contribution in [2.75, 3.05) is 13.2 Å². The second kappa shape index (κ2) is 24.0. The molecule has 0 saturated carbocycles. The molecule has 0 fully saturated rings. The number of hydrogen-bond donors (Lipinski definition) is 1. The van der Waals surface area contributed by atoms with Crippen molar-refractivity contribution in [2.45, 2.75) is 135 Å². The van der Waals surface area contributed by atoms with Crippen molar-refractivity contribution in [1.29, 1.82) is 0 Å². The van der Waals surface area contributed by atoms with Gasteiger partial charge in [-0.05, 0) is 12.8 Å². The number of nitrogens with one attached hydrogen (secondary N) is 1. The van der Waals surface area contributed by atoms with Crippen LogP contribution >= 0.6 is 0 Å². The van der Waals surface area contributed by atoms with Gasteiger partial charge in [0.05, 0.1) is 6.61 Å². The van der Waals surface area contributed by atoms with E-state index in [0.29, 0.717) is 13.0 Å². The van der Waals surface area contributed by atoms with Crippen LogP contribution in [-0.4, -0.2) is 31.3 Å². The Hall–Kier alpha value is -1.70. The first-order valence-corrected chi connectivity index (χ1v) is 13.2. The maximum absolute atomic E-state index is 12.2. The van der Waals surface area contributed by atoms with Gasteiger partial charge in [-0.1, -0.05) is 123 Å². The molecule has 1 atom stereocenters. The van der Waals surface area contributed by atoms with Gasteiger partial charge in [0.2, 0.25) is 0 Å². The van der Waals surface area contributed by atoms with Gasteiger partial charge in [-0.15, -0.1) is 6.42 Å². The molecular formula is C27H49NO4. The second-order valence-corrected chi connectivity index (χ2v) is 8.74. The Balaban J connectivity index is 3.51. The van der Waals surface area contributed by atoms with Crippen LogP contribution < -0.4 is 5.32 Å². The van der Waals surface area contributed by atoms with Crippen molar-refractivity contribution in [2.24, 2.45) is 0 Å². The quantitative estimate of drug-likeness (QED) is 0.106. The molecule has 5 heteroatoms. The van der Waals surface area contributed by atoms with Crippen LogP contribution in [0.1, 0.15) is 129 Å². The van der Waals surface area contributed by atoms with Crippen LogP contribution in [0.15, 0.2) is 0 Å². The van der Waals surface area contributed by atoms with E-state index >= 15 is 0 Å². The zero-order chi connectivity index (χ0) is 23.7. The zero-order valence-electron chi connectivity index (χ0n) is 20.9. The molecule has 0 aromatic heterocycles. The number of alkyl carbamates (subject to hydrolysis) is 1. The summed E-state index contributed by atoms with van der Waals surface area (Å²) in [7, 11) is 0. The molecule has 0 aliphatic heterocycles. The number of amides is 1. The van der Waals surface area contributed by atoms with Gasteiger partial charge in [0, 0.05) is 0 Å². The van der Waals surface area contributed by atoms with Crippen molar-refractivity contribution in [3.05, 3.63) is 0 Å². The molecule has 1 unspecified atom stereocenters. The Morgan fingerprint density at radius 3 is 1.62 bits per heavy atom. The van der Waals surface area contributed by atoms with Crippen molar-refractivity contribution >= 4 is 12.1 Å². The fourth-order valence-corrected chi connectivity index (χ4v) is 3.75. The summed E-state index contributed by atoms with van der Waals surface area (Å²) < 4.78 is 10.1. The van der Waals surface area contributed by atoms with Gasteiger partial charge in [0.1, 0.15) is 6.04 Å². The minimum absolute atomic E-state index is 0.112. The Kier molecular flexibility index (Phi) is 22.7. The van der Waals surface area contributed by atoms with Crippen molar-refractivity contribution in [1.82, 2.24) is 5.32 Å². The minimum Gasteiger partial charge on any atom is -0.464 e. The molecule has 0 aromatic rings. The molecule has 0 aromatic carbocycles. The van der Waals surface area contributed by atoms with E-state index in [-0.39, 0.29) is 6.61 Å². The lowest BCUT2D eigenvalue weighted by atomic mass is 10.0. The summed E-state index contributed by atoms with van der Waals surface area (Å²) in [6.45, 7) is 4.51. The van der Waals surface area contributed by atoms with E-state index in [4.69, 9.17) is 15.9 Å². The SMILES string of the molecule is C#CCOC(=O)NC(CCC)C(=O)OCCCCCCCCCCCCCCCCCC. The first-order chi connectivity index (χ1) is 15.7. The smallest absolute Gasteiger partial charge is 0.408 e. The Labute approximate surface area is 197 Å². The predicted molar refractivity (Wildman–Crippen MR) is 133 cm³/mol. The largest absolute Gasteiger partial charge is 0.464 e. The highest BCUT2D eigenvalue weighted by molar-refractivity contribution is 5.81. The number of terminal acetylenes is 1. The average molecular weight is 452 g/mol. The maximum atomic E-state index is 12.2. The number of rotatable bonds is 22. The zero-order valence-corrected chi connectivity index (χ0v) is 20.9. The molecule has 0 saturated heterocycles. The monoisotopic (exact) mass is 451 g/mol. The fourth-order valence-electron chi connectivity index (χ4n) is 3.75. The van der Waals surface area contributed by atoms with Crippen LogP contribution in [0.3, 0.4) is 0 Å². The number of ether oxygens (including phenoxy) is 2. The van der Waals surface area contributed by atoms with Crippen molar-refractivity contribution in [3.63, 3.8) is 0 Å². The molecule has 0 aliphatic carbocycles. The molecule has 0 rings (SSSR count). The highest BCUT2D eigenvalue weighted by Gasteiger charge is 2.21. The molecule has 0 bridgehead atoms. The average Bonchev–Trinajstić information content (AvgIpc) is 2.79. The standard InChI is InChI=1S/C27H49NO4/c1-4-7-8-9-10-11-12-13-14-15-16-17-18-19-20-21-24-31-26(29)25(22-5-2)28-27(30)32-23-6-3/h3,25H,4-5,7-24H2,1-2H3,(H,28,30). The summed E-state index contributed by atoms with van der Waals surface area (Å²) in [5.41, 5.74) is 0. The molecule has 1 N–H and O–H groups in total. The van der Waals surface area contributed by atoms with Crippen LogP contribution in [-0.2, 0) is 14.3 Å². The van der Waals surface area contributed by atoms with E-state index < -0.39 is 18.1 Å². The van der Waals surface area contributed by atoms with E-state index in [0.717, 1.165) is 19.3 Å². The van der Waals surface area contributed by atoms with Gasteiger partial charge in [-0.3, -0.25) is 0 Å². The molecule has 0 radical (unpaired) electrons. The molecule has 1 amide bonds. The molecule has 5 nitrogen and oxygen atoms in total. The Bertz CT molecular complexity index is 487. The minimum atomic E-state index is -0.680. The van der Waals surface area contributed by atoms with Crippen LogP contribution in [0.2, 0.25) is 0 Å². The first kappa shape index (κ1) is 30.3. The van der Waals surface area contributed by atoms with Gasteiger partial charge < -0.3 is 14.8 Å². The number of unbranched alkanes of at least 4 members (excludes halogenated alkanes) is 15. The summed E-state index contributed by atoms with van der Waals surface area (Å²) in [5.74, 6) is 1.82. The van der Waals surface area contributed by atoms with Gasteiger partial charge >= 0.3 is 12.1 Å². The van der Waals surface area contributed by atoms with Crippen molar-refractivity contribution in [3.8, 4) is 12.3 Å². The first-order valence-electron chi connectivity index (χ1n) is 13.2. The van der Waals surface area contributed by atoms with Crippen LogP contribution in [0.5, 0.6) is 0 Å². The lowest BCUT2D eigenvalue weighted by Crippen LogP contribution is -2.42. The topological polar surface area (TPSA) is 64.6 Å².